The van der Waals surface area contributed by atoms with Crippen molar-refractivity contribution in [2.75, 3.05) is 0 Å². The molecule has 1 aliphatic carbocycles. The van der Waals surface area contributed by atoms with Crippen LogP contribution in [0.15, 0.2) is 47.1 Å². The summed E-state index contributed by atoms with van der Waals surface area (Å²) in [5, 5.41) is 15.1. The van der Waals surface area contributed by atoms with Gasteiger partial charge < -0.3 is 9.73 Å². The van der Waals surface area contributed by atoms with E-state index < -0.39 is 0 Å². The second kappa shape index (κ2) is 7.50. The summed E-state index contributed by atoms with van der Waals surface area (Å²) < 4.78 is 7.90. The normalized spacial score (nSPS) is 12.5. The van der Waals surface area contributed by atoms with E-state index in [1.165, 1.54) is 5.56 Å². The summed E-state index contributed by atoms with van der Waals surface area (Å²) in [5.41, 5.74) is 5.80. The minimum absolute atomic E-state index is 0.237. The van der Waals surface area contributed by atoms with Gasteiger partial charge in [-0.25, -0.2) is 0 Å². The molecule has 0 saturated heterocycles. The average Bonchev–Trinajstić information content (AvgIpc) is 3.46. The smallest absolute Gasteiger partial charge is 0.287 e. The summed E-state index contributed by atoms with van der Waals surface area (Å²) in [6, 6.07) is 9.58. The molecule has 0 spiro atoms. The van der Waals surface area contributed by atoms with Gasteiger partial charge in [0.15, 0.2) is 5.76 Å². The van der Waals surface area contributed by atoms with Crippen LogP contribution in [0.5, 0.6) is 0 Å². The number of nitrogens with zero attached hydrogens (tertiary/aromatic N) is 3. The van der Waals surface area contributed by atoms with E-state index in [0.717, 1.165) is 51.7 Å². The maximum atomic E-state index is 12.7. The van der Waals surface area contributed by atoms with Crippen molar-refractivity contribution in [1.82, 2.24) is 25.3 Å². The number of carbonyl (C=O) groups excluding carboxylic acids is 1. The summed E-state index contributed by atoms with van der Waals surface area (Å²) >= 11 is 5.98. The predicted octanol–water partition coefficient (Wildman–Crippen LogP) is 3.90. The second-order valence-corrected chi connectivity index (χ2v) is 7.88. The Labute approximate surface area is 178 Å². The Kier molecular flexibility index (Phi) is 4.67. The molecule has 0 fully saturated rings. The number of furan rings is 1. The number of benzene rings is 1. The molecule has 5 rings (SSSR count). The van der Waals surface area contributed by atoms with Crippen molar-refractivity contribution < 1.29 is 9.21 Å². The van der Waals surface area contributed by atoms with Crippen molar-refractivity contribution in [3.05, 3.63) is 81.7 Å². The number of H-pyrrole nitrogens is 1. The number of nitrogens with one attached hydrogen (secondary N) is 2. The number of aromatic nitrogens is 4. The van der Waals surface area contributed by atoms with Gasteiger partial charge in [0, 0.05) is 35.0 Å². The molecule has 0 atom stereocenters. The maximum Gasteiger partial charge on any atom is 0.287 e. The minimum Gasteiger partial charge on any atom is -0.455 e. The maximum absolute atomic E-state index is 12.7. The number of aromatic amines is 1. The van der Waals surface area contributed by atoms with Gasteiger partial charge in [-0.1, -0.05) is 23.7 Å². The second-order valence-electron chi connectivity index (χ2n) is 7.45. The predicted molar refractivity (Wildman–Crippen MR) is 112 cm³/mol. The highest BCUT2D eigenvalue weighted by Gasteiger charge is 2.29. The molecule has 152 valence electrons. The lowest BCUT2D eigenvalue weighted by atomic mass is 9.93. The first-order valence-corrected chi connectivity index (χ1v) is 10.2. The number of hydrogen-bond donors (Lipinski definition) is 2. The van der Waals surface area contributed by atoms with E-state index in [4.69, 9.17) is 21.1 Å². The van der Waals surface area contributed by atoms with Crippen LogP contribution in [0.4, 0.5) is 0 Å². The number of carbonyl (C=O) groups is 1. The van der Waals surface area contributed by atoms with Crippen LogP contribution in [0, 0.1) is 6.92 Å². The highest BCUT2D eigenvalue weighted by atomic mass is 35.5. The standard InChI is InChI=1S/C22H20ClN5O2/c1-13-19-18(30-21(13)22(29)24-10-17-8-9-25-26-17)7-4-15-12-28(27-20(15)19)11-14-2-5-16(23)6-3-14/h2-3,5-6,8-9,12H,4,7,10-11H2,1H3,(H,24,29)(H,25,26). The average molecular weight is 422 g/mol. The molecule has 3 aromatic heterocycles. The van der Waals surface area contributed by atoms with Gasteiger partial charge in [-0.15, -0.1) is 0 Å². The number of rotatable bonds is 5. The number of aryl methyl sites for hydroxylation is 2. The Morgan fingerprint density at radius 2 is 2.10 bits per heavy atom. The third-order valence-corrected chi connectivity index (χ3v) is 5.63. The summed E-state index contributed by atoms with van der Waals surface area (Å²) in [4.78, 5) is 12.7. The first-order chi connectivity index (χ1) is 14.6. The molecule has 4 aromatic rings. The summed E-state index contributed by atoms with van der Waals surface area (Å²) in [7, 11) is 0. The van der Waals surface area contributed by atoms with Crippen molar-refractivity contribution >= 4 is 17.5 Å². The Morgan fingerprint density at radius 3 is 2.87 bits per heavy atom. The zero-order chi connectivity index (χ0) is 20.7. The molecule has 1 amide bonds. The first kappa shape index (κ1) is 18.7. The molecule has 7 nitrogen and oxygen atoms in total. The summed E-state index contributed by atoms with van der Waals surface area (Å²) in [5.74, 6) is 0.932. The molecule has 1 aromatic carbocycles. The van der Waals surface area contributed by atoms with Crippen molar-refractivity contribution in [1.29, 1.82) is 0 Å². The summed E-state index contributed by atoms with van der Waals surface area (Å²) in [6.45, 7) is 2.94. The van der Waals surface area contributed by atoms with Crippen LogP contribution in [0.1, 0.15) is 38.7 Å². The van der Waals surface area contributed by atoms with Gasteiger partial charge in [-0.05, 0) is 42.7 Å². The van der Waals surface area contributed by atoms with E-state index in [2.05, 4.69) is 21.7 Å². The number of halogens is 1. The van der Waals surface area contributed by atoms with Crippen LogP contribution in [0.25, 0.3) is 11.3 Å². The molecule has 0 radical (unpaired) electrons. The lowest BCUT2D eigenvalue weighted by molar-refractivity contribution is 0.0920. The largest absolute Gasteiger partial charge is 0.455 e. The van der Waals surface area contributed by atoms with Gasteiger partial charge in [0.05, 0.1) is 24.5 Å². The SMILES string of the molecule is Cc1c(C(=O)NCc2ccn[nH]2)oc2c1-c1nn(Cc3ccc(Cl)cc3)cc1CC2. The fourth-order valence-electron chi connectivity index (χ4n) is 3.88. The van der Waals surface area contributed by atoms with E-state index in [0.29, 0.717) is 18.8 Å². The molecule has 0 saturated carbocycles. The molecule has 2 N–H and O–H groups in total. The van der Waals surface area contributed by atoms with E-state index in [9.17, 15) is 4.79 Å². The van der Waals surface area contributed by atoms with Crippen molar-refractivity contribution in [3.8, 4) is 11.3 Å². The fraction of sp³-hybridized carbons (Fsp3) is 0.227. The zero-order valence-electron chi connectivity index (χ0n) is 16.4. The molecule has 8 heteroatoms. The van der Waals surface area contributed by atoms with E-state index in [1.807, 2.05) is 41.9 Å². The molecule has 3 heterocycles. The van der Waals surface area contributed by atoms with Crippen LogP contribution in [-0.2, 0) is 25.9 Å². The quantitative estimate of drug-likeness (QED) is 0.511. The Hall–Kier alpha value is -3.32. The Bertz CT molecular complexity index is 1210. The van der Waals surface area contributed by atoms with Gasteiger partial charge in [-0.2, -0.15) is 10.2 Å². The molecular formula is C22H20ClN5O2. The van der Waals surface area contributed by atoms with Gasteiger partial charge in [0.25, 0.3) is 5.91 Å². The number of hydrogen-bond acceptors (Lipinski definition) is 4. The zero-order valence-corrected chi connectivity index (χ0v) is 17.2. The van der Waals surface area contributed by atoms with Crippen molar-refractivity contribution in [2.24, 2.45) is 0 Å². The van der Waals surface area contributed by atoms with Crippen LogP contribution in [0.3, 0.4) is 0 Å². The number of fused-ring (bicyclic) bond motifs is 3. The molecule has 1 aliphatic rings. The Balaban J connectivity index is 1.40. The Morgan fingerprint density at radius 1 is 1.27 bits per heavy atom. The highest BCUT2D eigenvalue weighted by molar-refractivity contribution is 6.30. The molecule has 0 bridgehead atoms. The van der Waals surface area contributed by atoms with Crippen molar-refractivity contribution in [2.45, 2.75) is 32.9 Å². The minimum atomic E-state index is -0.237. The third kappa shape index (κ3) is 3.41. The number of amides is 1. The lowest BCUT2D eigenvalue weighted by Gasteiger charge is -2.09. The highest BCUT2D eigenvalue weighted by Crippen LogP contribution is 2.38. The van der Waals surface area contributed by atoms with Crippen LogP contribution < -0.4 is 5.32 Å². The molecule has 0 unspecified atom stereocenters. The molecule has 0 aliphatic heterocycles. The van der Waals surface area contributed by atoms with E-state index >= 15 is 0 Å². The third-order valence-electron chi connectivity index (χ3n) is 5.38. The van der Waals surface area contributed by atoms with Crippen LogP contribution in [0.2, 0.25) is 5.02 Å². The van der Waals surface area contributed by atoms with Crippen LogP contribution in [-0.4, -0.2) is 25.9 Å². The monoisotopic (exact) mass is 421 g/mol. The topological polar surface area (TPSA) is 88.7 Å². The van der Waals surface area contributed by atoms with E-state index in [1.54, 1.807) is 6.20 Å². The molecular weight excluding hydrogens is 402 g/mol. The fourth-order valence-corrected chi connectivity index (χ4v) is 4.00. The van der Waals surface area contributed by atoms with Gasteiger partial charge >= 0.3 is 0 Å². The van der Waals surface area contributed by atoms with Gasteiger partial charge in [-0.3, -0.25) is 14.6 Å². The van der Waals surface area contributed by atoms with Crippen molar-refractivity contribution in [3.63, 3.8) is 0 Å². The molecule has 30 heavy (non-hydrogen) atoms. The van der Waals surface area contributed by atoms with E-state index in [-0.39, 0.29) is 5.91 Å². The van der Waals surface area contributed by atoms with Crippen LogP contribution >= 0.6 is 11.6 Å². The lowest BCUT2D eigenvalue weighted by Crippen LogP contribution is -2.23. The van der Waals surface area contributed by atoms with Gasteiger partial charge in [0.1, 0.15) is 5.76 Å². The van der Waals surface area contributed by atoms with Gasteiger partial charge in [0.2, 0.25) is 0 Å². The first-order valence-electron chi connectivity index (χ1n) is 9.78. The summed E-state index contributed by atoms with van der Waals surface area (Å²) in [6.07, 6.45) is 5.33.